The van der Waals surface area contributed by atoms with Gasteiger partial charge >= 0.3 is 6.01 Å². The molecule has 1 heterocycles. The molecule has 0 saturated heterocycles. The van der Waals surface area contributed by atoms with E-state index in [0.29, 0.717) is 0 Å². The maximum Gasteiger partial charge on any atom is 0.322 e. The molecule has 0 radical (unpaired) electrons. The Hall–Kier alpha value is -3.60. The van der Waals surface area contributed by atoms with Gasteiger partial charge in [0.25, 0.3) is 11.6 Å². The number of carbonyl (C=O) groups is 1. The summed E-state index contributed by atoms with van der Waals surface area (Å²) < 4.78 is 29.7. The Morgan fingerprint density at radius 3 is 2.50 bits per heavy atom. The number of benzene rings is 2. The number of amides is 1. The van der Waals surface area contributed by atoms with Gasteiger partial charge in [-0.3, -0.25) is 20.2 Å². The summed E-state index contributed by atoms with van der Waals surface area (Å²) >= 11 is 0. The first-order valence-electron chi connectivity index (χ1n) is 8.88. The number of hydrogen-bond acceptors (Lipinski definition) is 8. The number of rotatable bonds is 7. The van der Waals surface area contributed by atoms with E-state index in [9.17, 15) is 23.3 Å². The maximum absolute atomic E-state index is 12.2. The number of hydrogen-bond donors (Lipinski definition) is 1. The van der Waals surface area contributed by atoms with E-state index in [1.165, 1.54) is 30.3 Å². The van der Waals surface area contributed by atoms with Crippen LogP contribution in [0.25, 0.3) is 0 Å². The van der Waals surface area contributed by atoms with E-state index in [1.807, 2.05) is 0 Å². The Bertz CT molecular complexity index is 1190. The molecule has 0 bridgehead atoms. The molecule has 3 aromatic rings. The van der Waals surface area contributed by atoms with Gasteiger partial charge in [0.15, 0.2) is 9.84 Å². The Morgan fingerprint density at radius 1 is 1.17 bits per heavy atom. The van der Waals surface area contributed by atoms with Crippen LogP contribution in [0.4, 0.5) is 11.7 Å². The number of aromatic nitrogens is 2. The molecular formula is C19H18N4O6S. The summed E-state index contributed by atoms with van der Waals surface area (Å²) in [6.45, 7) is 3.23. The average Bonchev–Trinajstić information content (AvgIpc) is 3.15. The fraction of sp³-hybridized carbons (Fsp3) is 0.211. The second-order valence-electron chi connectivity index (χ2n) is 6.68. The quantitative estimate of drug-likeness (QED) is 0.445. The van der Waals surface area contributed by atoms with Gasteiger partial charge in [-0.25, -0.2) is 8.42 Å². The minimum Gasteiger partial charge on any atom is -0.407 e. The van der Waals surface area contributed by atoms with Crippen LogP contribution < -0.4 is 5.32 Å². The molecule has 0 aliphatic carbocycles. The van der Waals surface area contributed by atoms with Crippen LogP contribution in [-0.2, 0) is 16.3 Å². The zero-order chi connectivity index (χ0) is 21.9. The van der Waals surface area contributed by atoms with Gasteiger partial charge in [-0.2, -0.15) is 0 Å². The van der Waals surface area contributed by atoms with E-state index >= 15 is 0 Å². The van der Waals surface area contributed by atoms with Crippen LogP contribution in [0.15, 0.2) is 57.8 Å². The maximum atomic E-state index is 12.2. The molecule has 0 saturated carbocycles. The standard InChI is InChI=1S/C19H18N4O6S/c1-12(2)30(27,28)16-8-6-13(7-9-16)10-17-21-22-19(29-17)20-18(24)14-4-3-5-15(11-14)23(25)26/h3-9,11-12H,10H2,1-2H3,(H,20,22,24). The molecule has 11 heteroatoms. The molecule has 1 N–H and O–H groups in total. The molecule has 156 valence electrons. The molecule has 0 fully saturated rings. The Morgan fingerprint density at radius 2 is 1.87 bits per heavy atom. The molecule has 0 aliphatic rings. The van der Waals surface area contributed by atoms with Crippen molar-refractivity contribution in [3.05, 3.63) is 75.7 Å². The normalized spacial score (nSPS) is 11.4. The minimum absolute atomic E-state index is 0.0749. The predicted molar refractivity (Wildman–Crippen MR) is 107 cm³/mol. The summed E-state index contributed by atoms with van der Waals surface area (Å²) in [5.74, 6) is -0.416. The van der Waals surface area contributed by atoms with Crippen LogP contribution in [0.3, 0.4) is 0 Å². The molecule has 1 amide bonds. The Balaban J connectivity index is 1.67. The third-order valence-electron chi connectivity index (χ3n) is 4.23. The SMILES string of the molecule is CC(C)S(=O)(=O)c1ccc(Cc2nnc(NC(=O)c3cccc([N+](=O)[O-])c3)o2)cc1. The van der Waals surface area contributed by atoms with Crippen LogP contribution >= 0.6 is 0 Å². The molecular weight excluding hydrogens is 412 g/mol. The lowest BCUT2D eigenvalue weighted by Crippen LogP contribution is -2.13. The summed E-state index contributed by atoms with van der Waals surface area (Å²) in [7, 11) is -3.35. The summed E-state index contributed by atoms with van der Waals surface area (Å²) in [5, 5.41) is 20.3. The first-order chi connectivity index (χ1) is 14.2. The van der Waals surface area contributed by atoms with Crippen molar-refractivity contribution in [2.45, 2.75) is 30.4 Å². The number of non-ortho nitro benzene ring substituents is 1. The van der Waals surface area contributed by atoms with E-state index in [2.05, 4.69) is 15.5 Å². The first-order valence-corrected chi connectivity index (χ1v) is 10.4. The highest BCUT2D eigenvalue weighted by Crippen LogP contribution is 2.19. The lowest BCUT2D eigenvalue weighted by molar-refractivity contribution is -0.384. The number of nitrogens with one attached hydrogen (secondary N) is 1. The molecule has 2 aromatic carbocycles. The number of nitro groups is 1. The van der Waals surface area contributed by atoms with E-state index in [4.69, 9.17) is 4.42 Å². The third-order valence-corrected chi connectivity index (χ3v) is 6.40. The van der Waals surface area contributed by atoms with Crippen molar-refractivity contribution in [2.24, 2.45) is 0 Å². The van der Waals surface area contributed by atoms with E-state index in [0.717, 1.165) is 11.6 Å². The lowest BCUT2D eigenvalue weighted by Gasteiger charge is -2.08. The molecule has 3 rings (SSSR count). The first kappa shape index (κ1) is 21.1. The number of nitrogens with zero attached hydrogens (tertiary/aromatic N) is 3. The van der Waals surface area contributed by atoms with Crippen molar-refractivity contribution in [2.75, 3.05) is 5.32 Å². The lowest BCUT2D eigenvalue weighted by atomic mass is 10.1. The summed E-state index contributed by atoms with van der Waals surface area (Å²) in [6.07, 6.45) is 0.238. The van der Waals surface area contributed by atoms with Gasteiger partial charge in [0, 0.05) is 17.7 Å². The van der Waals surface area contributed by atoms with Crippen molar-refractivity contribution in [1.82, 2.24) is 10.2 Å². The molecule has 0 unspecified atom stereocenters. The van der Waals surface area contributed by atoms with Crippen molar-refractivity contribution < 1.29 is 22.6 Å². The number of sulfone groups is 1. The highest BCUT2D eigenvalue weighted by molar-refractivity contribution is 7.92. The largest absolute Gasteiger partial charge is 0.407 e. The highest BCUT2D eigenvalue weighted by Gasteiger charge is 2.19. The average molecular weight is 430 g/mol. The minimum atomic E-state index is -3.35. The molecule has 0 spiro atoms. The van der Waals surface area contributed by atoms with Crippen molar-refractivity contribution >= 4 is 27.4 Å². The summed E-state index contributed by atoms with van der Waals surface area (Å²) in [5.41, 5.74) is 0.612. The number of carbonyl (C=O) groups excluding carboxylic acids is 1. The van der Waals surface area contributed by atoms with Crippen molar-refractivity contribution in [1.29, 1.82) is 0 Å². The fourth-order valence-electron chi connectivity index (χ4n) is 2.55. The third kappa shape index (κ3) is 4.69. The number of anilines is 1. The van der Waals surface area contributed by atoms with Gasteiger partial charge in [0.1, 0.15) is 0 Å². The zero-order valence-corrected chi connectivity index (χ0v) is 16.9. The highest BCUT2D eigenvalue weighted by atomic mass is 32.2. The van der Waals surface area contributed by atoms with Gasteiger partial charge in [0.05, 0.1) is 21.5 Å². The molecule has 0 aliphatic heterocycles. The molecule has 0 atom stereocenters. The van der Waals surface area contributed by atoms with Gasteiger partial charge in [-0.1, -0.05) is 23.3 Å². The van der Waals surface area contributed by atoms with E-state index < -0.39 is 25.9 Å². The molecule has 10 nitrogen and oxygen atoms in total. The smallest absolute Gasteiger partial charge is 0.322 e. The predicted octanol–water partition coefficient (Wildman–Crippen LogP) is 3.00. The number of nitro benzene ring substituents is 1. The Labute approximate surface area is 172 Å². The van der Waals surface area contributed by atoms with Gasteiger partial charge in [0.2, 0.25) is 5.89 Å². The topological polar surface area (TPSA) is 145 Å². The monoisotopic (exact) mass is 430 g/mol. The van der Waals surface area contributed by atoms with Crippen LogP contribution in [0.5, 0.6) is 0 Å². The second-order valence-corrected chi connectivity index (χ2v) is 9.18. The second kappa shape index (κ2) is 8.41. The zero-order valence-electron chi connectivity index (χ0n) is 16.1. The van der Waals surface area contributed by atoms with E-state index in [-0.39, 0.29) is 34.5 Å². The molecule has 1 aromatic heterocycles. The summed E-state index contributed by atoms with van der Waals surface area (Å²) in [4.78, 5) is 22.7. The molecule has 30 heavy (non-hydrogen) atoms. The van der Waals surface area contributed by atoms with Crippen molar-refractivity contribution in [3.63, 3.8) is 0 Å². The van der Waals surface area contributed by atoms with Gasteiger partial charge in [-0.05, 0) is 37.6 Å². The fourth-order valence-corrected chi connectivity index (χ4v) is 3.61. The summed E-state index contributed by atoms with van der Waals surface area (Å²) in [6, 6.07) is 11.4. The van der Waals surface area contributed by atoms with Crippen LogP contribution in [-0.4, -0.2) is 34.7 Å². The van der Waals surface area contributed by atoms with Crippen LogP contribution in [0, 0.1) is 10.1 Å². The van der Waals surface area contributed by atoms with Gasteiger partial charge < -0.3 is 4.42 Å². The Kier molecular flexibility index (Phi) is 5.92. The van der Waals surface area contributed by atoms with E-state index in [1.54, 1.807) is 26.0 Å². The van der Waals surface area contributed by atoms with Gasteiger partial charge in [-0.15, -0.1) is 5.10 Å². The van der Waals surface area contributed by atoms with Crippen LogP contribution in [0.1, 0.15) is 35.7 Å². The van der Waals surface area contributed by atoms with Crippen molar-refractivity contribution in [3.8, 4) is 0 Å². The van der Waals surface area contributed by atoms with Crippen LogP contribution in [0.2, 0.25) is 0 Å².